The quantitative estimate of drug-likeness (QED) is 0.577. The SMILES string of the molecule is CCCNC(=O)C1=Cc2ccc(-c3cccc(SN4CC(CO)C4)c3)cc2N=C(N)C1. The fourth-order valence-corrected chi connectivity index (χ4v) is 4.85. The summed E-state index contributed by atoms with van der Waals surface area (Å²) in [6.45, 7) is 4.76. The van der Waals surface area contributed by atoms with E-state index in [1.807, 2.05) is 25.1 Å². The molecule has 31 heavy (non-hydrogen) atoms. The van der Waals surface area contributed by atoms with E-state index in [-0.39, 0.29) is 12.5 Å². The van der Waals surface area contributed by atoms with Gasteiger partial charge in [0.05, 0.1) is 5.69 Å². The minimum absolute atomic E-state index is 0.0870. The van der Waals surface area contributed by atoms with Gasteiger partial charge >= 0.3 is 0 Å². The molecule has 2 aliphatic rings. The van der Waals surface area contributed by atoms with Crippen LogP contribution in [0.4, 0.5) is 5.69 Å². The maximum atomic E-state index is 12.4. The fraction of sp³-hybridized carbons (Fsp3) is 0.333. The Morgan fingerprint density at radius 1 is 1.26 bits per heavy atom. The van der Waals surface area contributed by atoms with Crippen LogP contribution in [0.1, 0.15) is 25.3 Å². The number of amidine groups is 1. The van der Waals surface area contributed by atoms with E-state index in [0.717, 1.165) is 41.9 Å². The molecule has 4 N–H and O–H groups in total. The molecule has 0 aromatic heterocycles. The number of amides is 1. The summed E-state index contributed by atoms with van der Waals surface area (Å²) < 4.78 is 2.26. The van der Waals surface area contributed by atoms with Crippen molar-refractivity contribution in [2.24, 2.45) is 16.6 Å². The van der Waals surface area contributed by atoms with E-state index in [9.17, 15) is 9.90 Å². The lowest BCUT2D eigenvalue weighted by Crippen LogP contribution is -2.43. The summed E-state index contributed by atoms with van der Waals surface area (Å²) in [6, 6.07) is 14.5. The van der Waals surface area contributed by atoms with Crippen LogP contribution in [0, 0.1) is 5.92 Å². The van der Waals surface area contributed by atoms with Crippen molar-refractivity contribution < 1.29 is 9.90 Å². The molecule has 0 unspecified atom stereocenters. The molecule has 7 heteroatoms. The summed E-state index contributed by atoms with van der Waals surface area (Å²) in [6.07, 6.45) is 3.12. The summed E-state index contributed by atoms with van der Waals surface area (Å²) >= 11 is 1.72. The number of carbonyl (C=O) groups is 1. The first kappa shape index (κ1) is 21.6. The third kappa shape index (κ3) is 5.18. The van der Waals surface area contributed by atoms with Gasteiger partial charge in [-0.15, -0.1) is 0 Å². The van der Waals surface area contributed by atoms with Crippen LogP contribution in [-0.2, 0) is 4.79 Å². The highest BCUT2D eigenvalue weighted by molar-refractivity contribution is 7.97. The number of aliphatic imine (C=N–C) groups is 1. The van der Waals surface area contributed by atoms with Gasteiger partial charge in [0.25, 0.3) is 0 Å². The smallest absolute Gasteiger partial charge is 0.247 e. The lowest BCUT2D eigenvalue weighted by molar-refractivity contribution is -0.117. The summed E-state index contributed by atoms with van der Waals surface area (Å²) in [4.78, 5) is 18.2. The summed E-state index contributed by atoms with van der Waals surface area (Å²) in [5, 5.41) is 12.1. The molecule has 1 saturated heterocycles. The molecule has 0 atom stereocenters. The Hall–Kier alpha value is -2.61. The average molecular weight is 437 g/mol. The number of aliphatic hydroxyl groups is 1. The number of nitrogens with two attached hydrogens (primary N) is 1. The van der Waals surface area contributed by atoms with Crippen LogP contribution in [0.2, 0.25) is 0 Å². The number of hydrogen-bond acceptors (Lipinski definition) is 6. The predicted molar refractivity (Wildman–Crippen MR) is 127 cm³/mol. The van der Waals surface area contributed by atoms with E-state index in [1.54, 1.807) is 11.9 Å². The number of hydrogen-bond donors (Lipinski definition) is 3. The minimum Gasteiger partial charge on any atom is -0.396 e. The first-order valence-electron chi connectivity index (χ1n) is 10.7. The van der Waals surface area contributed by atoms with Gasteiger partial charge in [-0.05, 0) is 53.8 Å². The summed E-state index contributed by atoms with van der Waals surface area (Å²) in [5.41, 5.74) is 10.6. The van der Waals surface area contributed by atoms with Crippen LogP contribution in [0.25, 0.3) is 17.2 Å². The van der Waals surface area contributed by atoms with Crippen molar-refractivity contribution >= 4 is 35.5 Å². The molecule has 162 valence electrons. The van der Waals surface area contributed by atoms with Crippen LogP contribution in [0.3, 0.4) is 0 Å². The van der Waals surface area contributed by atoms with E-state index in [0.29, 0.717) is 30.3 Å². The van der Waals surface area contributed by atoms with Crippen molar-refractivity contribution in [3.8, 4) is 11.1 Å². The van der Waals surface area contributed by atoms with E-state index in [1.165, 1.54) is 4.90 Å². The molecule has 0 radical (unpaired) electrons. The van der Waals surface area contributed by atoms with Gasteiger partial charge in [-0.1, -0.05) is 31.2 Å². The Bertz CT molecular complexity index is 1030. The standard InChI is InChI=1S/C24H28N4O2S/c1-2-8-26-24(30)20-9-19-7-6-18(11-22(19)27-23(25)12-20)17-4-3-5-21(10-17)31-28-13-16(14-28)15-29/h3-7,9-11,16,29H,2,8,12-15H2,1H3,(H2,25,27)(H,26,30). The second kappa shape index (κ2) is 9.68. The molecule has 2 heterocycles. The molecule has 0 saturated carbocycles. The number of fused-ring (bicyclic) bond motifs is 1. The molecule has 2 aromatic rings. The molecule has 2 aliphatic heterocycles. The third-order valence-electron chi connectivity index (χ3n) is 5.41. The zero-order chi connectivity index (χ0) is 21.8. The van der Waals surface area contributed by atoms with Crippen LogP contribution in [0.15, 0.2) is 57.9 Å². The van der Waals surface area contributed by atoms with Gasteiger partial charge in [0.1, 0.15) is 5.84 Å². The number of carbonyl (C=O) groups excluding carboxylic acids is 1. The molecule has 0 bridgehead atoms. The highest BCUT2D eigenvalue weighted by atomic mass is 32.2. The summed E-state index contributed by atoms with van der Waals surface area (Å²) in [5.74, 6) is 0.746. The number of nitrogens with one attached hydrogen (secondary N) is 1. The van der Waals surface area contributed by atoms with Gasteiger partial charge in [-0.25, -0.2) is 9.30 Å². The lowest BCUT2D eigenvalue weighted by Gasteiger charge is -2.36. The van der Waals surface area contributed by atoms with Crippen molar-refractivity contribution in [3.05, 3.63) is 53.6 Å². The van der Waals surface area contributed by atoms with Gasteiger partial charge in [0.2, 0.25) is 5.91 Å². The number of benzene rings is 2. The fourth-order valence-electron chi connectivity index (χ4n) is 3.66. The summed E-state index contributed by atoms with van der Waals surface area (Å²) in [7, 11) is 0. The molecular formula is C24H28N4O2S. The van der Waals surface area contributed by atoms with Crippen LogP contribution in [0.5, 0.6) is 0 Å². The van der Waals surface area contributed by atoms with Crippen LogP contribution in [-0.4, -0.2) is 47.4 Å². The largest absolute Gasteiger partial charge is 0.396 e. The number of rotatable bonds is 7. The molecular weight excluding hydrogens is 408 g/mol. The zero-order valence-electron chi connectivity index (χ0n) is 17.7. The van der Waals surface area contributed by atoms with Crippen molar-refractivity contribution in [2.45, 2.75) is 24.7 Å². The van der Waals surface area contributed by atoms with Gasteiger partial charge < -0.3 is 16.2 Å². The average Bonchev–Trinajstić information content (AvgIpc) is 2.91. The van der Waals surface area contributed by atoms with Crippen LogP contribution >= 0.6 is 11.9 Å². The molecule has 2 aromatic carbocycles. The topological polar surface area (TPSA) is 91.0 Å². The maximum Gasteiger partial charge on any atom is 0.247 e. The molecule has 1 fully saturated rings. The van der Waals surface area contributed by atoms with Crippen molar-refractivity contribution in [1.82, 2.24) is 9.62 Å². The zero-order valence-corrected chi connectivity index (χ0v) is 18.5. The minimum atomic E-state index is -0.0870. The van der Waals surface area contributed by atoms with E-state index < -0.39 is 0 Å². The van der Waals surface area contributed by atoms with Gasteiger partial charge in [-0.3, -0.25) is 4.79 Å². The molecule has 0 spiro atoms. The molecule has 4 rings (SSSR count). The van der Waals surface area contributed by atoms with Gasteiger partial charge in [-0.2, -0.15) is 0 Å². The Balaban J connectivity index is 1.56. The van der Waals surface area contributed by atoms with E-state index >= 15 is 0 Å². The Morgan fingerprint density at radius 3 is 2.84 bits per heavy atom. The normalized spacial score (nSPS) is 16.6. The maximum absolute atomic E-state index is 12.4. The third-order valence-corrected chi connectivity index (χ3v) is 6.43. The molecule has 0 aliphatic carbocycles. The highest BCUT2D eigenvalue weighted by Gasteiger charge is 2.26. The Kier molecular flexibility index (Phi) is 6.75. The lowest BCUT2D eigenvalue weighted by atomic mass is 10.0. The van der Waals surface area contributed by atoms with Gasteiger partial charge in [0.15, 0.2) is 0 Å². The first-order chi connectivity index (χ1) is 15.1. The van der Waals surface area contributed by atoms with Crippen molar-refractivity contribution in [3.63, 3.8) is 0 Å². The van der Waals surface area contributed by atoms with E-state index in [2.05, 4.69) is 44.9 Å². The molecule has 6 nitrogen and oxygen atoms in total. The van der Waals surface area contributed by atoms with Crippen molar-refractivity contribution in [1.29, 1.82) is 0 Å². The number of nitrogens with zero attached hydrogens (tertiary/aromatic N) is 2. The second-order valence-corrected chi connectivity index (χ2v) is 9.16. The predicted octanol–water partition coefficient (Wildman–Crippen LogP) is 3.59. The Morgan fingerprint density at radius 2 is 2.06 bits per heavy atom. The Labute approximate surface area is 187 Å². The highest BCUT2D eigenvalue weighted by Crippen LogP contribution is 2.35. The van der Waals surface area contributed by atoms with Gasteiger partial charge in [0, 0.05) is 54.6 Å². The monoisotopic (exact) mass is 436 g/mol. The van der Waals surface area contributed by atoms with Crippen LogP contribution < -0.4 is 11.1 Å². The van der Waals surface area contributed by atoms with Crippen molar-refractivity contribution in [2.75, 3.05) is 26.2 Å². The number of aliphatic hydroxyl groups excluding tert-OH is 1. The first-order valence-corrected chi connectivity index (χ1v) is 11.4. The van der Waals surface area contributed by atoms with E-state index in [4.69, 9.17) is 5.73 Å². The second-order valence-electron chi connectivity index (χ2n) is 7.99. The molecule has 1 amide bonds.